The van der Waals surface area contributed by atoms with Gasteiger partial charge in [-0.15, -0.1) is 0 Å². The quantitative estimate of drug-likeness (QED) is 0.734. The highest BCUT2D eigenvalue weighted by Gasteiger charge is 2.14. The Morgan fingerprint density at radius 3 is 2.44 bits per heavy atom. The van der Waals surface area contributed by atoms with Crippen LogP contribution < -0.4 is 20.1 Å². The molecule has 0 atom stereocenters. The van der Waals surface area contributed by atoms with E-state index in [0.29, 0.717) is 28.8 Å². The zero-order chi connectivity index (χ0) is 19.1. The molecule has 1 fully saturated rings. The lowest BCUT2D eigenvalue weighted by molar-refractivity contribution is 0.102. The van der Waals surface area contributed by atoms with Crippen molar-refractivity contribution in [2.75, 3.05) is 24.9 Å². The van der Waals surface area contributed by atoms with Gasteiger partial charge in [0.15, 0.2) is 11.5 Å². The second kappa shape index (κ2) is 9.26. The van der Waals surface area contributed by atoms with Crippen LogP contribution in [0.5, 0.6) is 11.5 Å². The smallest absolute Gasteiger partial charge is 0.255 e. The minimum atomic E-state index is -0.187. The molecule has 0 saturated heterocycles. The fraction of sp³-hybridized carbons (Fsp3) is 0.429. The van der Waals surface area contributed by atoms with E-state index in [1.807, 2.05) is 0 Å². The number of methoxy groups -OCH3 is 2. The highest BCUT2D eigenvalue weighted by molar-refractivity contribution is 6.04. The maximum Gasteiger partial charge on any atom is 0.255 e. The summed E-state index contributed by atoms with van der Waals surface area (Å²) in [6.07, 6.45) is 9.09. The van der Waals surface area contributed by atoms with Crippen LogP contribution in [0.2, 0.25) is 0 Å². The molecule has 6 heteroatoms. The zero-order valence-corrected chi connectivity index (χ0v) is 16.0. The van der Waals surface area contributed by atoms with Crippen molar-refractivity contribution < 1.29 is 14.3 Å². The van der Waals surface area contributed by atoms with Gasteiger partial charge >= 0.3 is 0 Å². The molecule has 0 bridgehead atoms. The van der Waals surface area contributed by atoms with Crippen LogP contribution in [0.4, 0.5) is 11.5 Å². The number of carbonyl (C=O) groups is 1. The summed E-state index contributed by atoms with van der Waals surface area (Å²) >= 11 is 0. The van der Waals surface area contributed by atoms with E-state index in [1.165, 1.54) is 25.7 Å². The number of aromatic nitrogens is 1. The third kappa shape index (κ3) is 5.12. The van der Waals surface area contributed by atoms with Crippen LogP contribution in [0.3, 0.4) is 0 Å². The molecule has 1 aliphatic carbocycles. The van der Waals surface area contributed by atoms with Crippen LogP contribution in [-0.4, -0.2) is 31.2 Å². The van der Waals surface area contributed by atoms with Gasteiger partial charge in [0.1, 0.15) is 5.82 Å². The first-order valence-electron chi connectivity index (χ1n) is 9.45. The molecule has 6 nitrogen and oxygen atoms in total. The Morgan fingerprint density at radius 1 is 1.00 bits per heavy atom. The van der Waals surface area contributed by atoms with Crippen molar-refractivity contribution in [3.8, 4) is 11.5 Å². The summed E-state index contributed by atoms with van der Waals surface area (Å²) in [6.45, 7) is 0. The molecule has 1 aromatic heterocycles. The summed E-state index contributed by atoms with van der Waals surface area (Å²) in [5.41, 5.74) is 1.21. The van der Waals surface area contributed by atoms with E-state index in [4.69, 9.17) is 9.47 Å². The number of amides is 1. The molecule has 1 heterocycles. The van der Waals surface area contributed by atoms with E-state index in [2.05, 4.69) is 15.6 Å². The fourth-order valence-electron chi connectivity index (χ4n) is 3.40. The Hall–Kier alpha value is -2.76. The molecule has 3 rings (SSSR count). The SMILES string of the molecule is COc1ccc(NC(=O)c2ccnc(NC3CCCCCC3)c2)cc1OC. The number of nitrogens with one attached hydrogen (secondary N) is 2. The van der Waals surface area contributed by atoms with Gasteiger partial charge in [-0.05, 0) is 37.1 Å². The van der Waals surface area contributed by atoms with Crippen LogP contribution in [-0.2, 0) is 0 Å². The average molecular weight is 369 g/mol. The van der Waals surface area contributed by atoms with Gasteiger partial charge in [-0.1, -0.05) is 25.7 Å². The molecule has 27 heavy (non-hydrogen) atoms. The second-order valence-corrected chi connectivity index (χ2v) is 6.79. The third-order valence-corrected chi connectivity index (χ3v) is 4.87. The van der Waals surface area contributed by atoms with Crippen molar-refractivity contribution in [1.29, 1.82) is 0 Å². The lowest BCUT2D eigenvalue weighted by atomic mass is 10.1. The first-order chi connectivity index (χ1) is 13.2. The topological polar surface area (TPSA) is 72.5 Å². The van der Waals surface area contributed by atoms with Crippen LogP contribution >= 0.6 is 0 Å². The number of benzene rings is 1. The molecule has 0 aliphatic heterocycles. The summed E-state index contributed by atoms with van der Waals surface area (Å²) < 4.78 is 10.5. The average Bonchev–Trinajstić information content (AvgIpc) is 2.96. The predicted molar refractivity (Wildman–Crippen MR) is 107 cm³/mol. The van der Waals surface area contributed by atoms with E-state index >= 15 is 0 Å². The highest BCUT2D eigenvalue weighted by atomic mass is 16.5. The van der Waals surface area contributed by atoms with Gasteiger partial charge in [0.2, 0.25) is 0 Å². The molecule has 0 radical (unpaired) electrons. The van der Waals surface area contributed by atoms with Gasteiger partial charge in [-0.2, -0.15) is 0 Å². The monoisotopic (exact) mass is 369 g/mol. The van der Waals surface area contributed by atoms with Crippen LogP contribution in [0.15, 0.2) is 36.5 Å². The van der Waals surface area contributed by atoms with Crippen molar-refractivity contribution in [3.63, 3.8) is 0 Å². The highest BCUT2D eigenvalue weighted by Crippen LogP contribution is 2.30. The number of carbonyl (C=O) groups excluding carboxylic acids is 1. The number of ether oxygens (including phenoxy) is 2. The Labute approximate surface area is 160 Å². The molecule has 0 unspecified atom stereocenters. The summed E-state index contributed by atoms with van der Waals surface area (Å²) in [7, 11) is 3.15. The summed E-state index contributed by atoms with van der Waals surface area (Å²) in [6, 6.07) is 9.24. The van der Waals surface area contributed by atoms with Gasteiger partial charge in [-0.25, -0.2) is 4.98 Å². The molecule has 2 N–H and O–H groups in total. The van der Waals surface area contributed by atoms with Crippen LogP contribution in [0, 0.1) is 0 Å². The van der Waals surface area contributed by atoms with Gasteiger partial charge < -0.3 is 20.1 Å². The van der Waals surface area contributed by atoms with E-state index in [1.54, 1.807) is 50.7 Å². The summed E-state index contributed by atoms with van der Waals surface area (Å²) in [5.74, 6) is 1.76. The molecule has 1 aromatic carbocycles. The predicted octanol–water partition coefficient (Wildman–Crippen LogP) is 4.49. The molecule has 1 aliphatic rings. The number of anilines is 2. The molecule has 0 spiro atoms. The van der Waals surface area contributed by atoms with Gasteiger partial charge in [0.05, 0.1) is 14.2 Å². The number of hydrogen-bond acceptors (Lipinski definition) is 5. The Bertz CT molecular complexity index is 771. The lowest BCUT2D eigenvalue weighted by Crippen LogP contribution is -2.20. The van der Waals surface area contributed by atoms with Crippen molar-refractivity contribution in [2.45, 2.75) is 44.6 Å². The van der Waals surface area contributed by atoms with E-state index in [0.717, 1.165) is 18.7 Å². The number of hydrogen-bond donors (Lipinski definition) is 2. The molecular formula is C21H27N3O3. The maximum absolute atomic E-state index is 12.6. The van der Waals surface area contributed by atoms with Crippen LogP contribution in [0.25, 0.3) is 0 Å². The minimum Gasteiger partial charge on any atom is -0.493 e. The van der Waals surface area contributed by atoms with Gasteiger partial charge in [-0.3, -0.25) is 4.79 Å². The van der Waals surface area contributed by atoms with Crippen molar-refractivity contribution in [1.82, 2.24) is 4.98 Å². The van der Waals surface area contributed by atoms with Gasteiger partial charge in [0, 0.05) is 29.6 Å². The summed E-state index contributed by atoms with van der Waals surface area (Å²) in [5, 5.41) is 6.38. The molecule has 2 aromatic rings. The lowest BCUT2D eigenvalue weighted by Gasteiger charge is -2.17. The molecule has 1 amide bonds. The standard InChI is InChI=1S/C21H27N3O3/c1-26-18-10-9-17(14-19(18)27-2)24-21(25)15-11-12-22-20(13-15)23-16-7-5-3-4-6-8-16/h9-14,16H,3-8H2,1-2H3,(H,22,23)(H,24,25). The minimum absolute atomic E-state index is 0.187. The third-order valence-electron chi connectivity index (χ3n) is 4.87. The molecule has 1 saturated carbocycles. The number of rotatable bonds is 6. The molecule has 144 valence electrons. The zero-order valence-electron chi connectivity index (χ0n) is 16.0. The largest absolute Gasteiger partial charge is 0.493 e. The second-order valence-electron chi connectivity index (χ2n) is 6.79. The van der Waals surface area contributed by atoms with Gasteiger partial charge in [0.25, 0.3) is 5.91 Å². The molecular weight excluding hydrogens is 342 g/mol. The van der Waals surface area contributed by atoms with E-state index in [9.17, 15) is 4.79 Å². The Morgan fingerprint density at radius 2 is 1.74 bits per heavy atom. The first-order valence-corrected chi connectivity index (χ1v) is 9.45. The first kappa shape index (κ1) is 19.0. The van der Waals surface area contributed by atoms with Crippen LogP contribution in [0.1, 0.15) is 48.9 Å². The maximum atomic E-state index is 12.6. The van der Waals surface area contributed by atoms with E-state index < -0.39 is 0 Å². The normalized spacial score (nSPS) is 14.9. The summed E-state index contributed by atoms with van der Waals surface area (Å²) in [4.78, 5) is 17.0. The number of pyridine rings is 1. The van der Waals surface area contributed by atoms with Crippen molar-refractivity contribution in [3.05, 3.63) is 42.1 Å². The Kier molecular flexibility index (Phi) is 6.52. The van der Waals surface area contributed by atoms with E-state index in [-0.39, 0.29) is 5.91 Å². The number of nitrogens with zero attached hydrogens (tertiary/aromatic N) is 1. The van der Waals surface area contributed by atoms with Crippen molar-refractivity contribution >= 4 is 17.4 Å². The fourth-order valence-corrected chi connectivity index (χ4v) is 3.40. The van der Waals surface area contributed by atoms with Crippen molar-refractivity contribution in [2.24, 2.45) is 0 Å². The Balaban J connectivity index is 1.68.